The van der Waals surface area contributed by atoms with Crippen LogP contribution in [0.2, 0.25) is 0 Å². The molecule has 1 N–H and O–H groups in total. The zero-order valence-corrected chi connectivity index (χ0v) is 13.3. The van der Waals surface area contributed by atoms with E-state index >= 15 is 0 Å². The number of likely N-dealkylation sites (tertiary alicyclic amines) is 1. The maximum atomic E-state index is 12.7. The van der Waals surface area contributed by atoms with Crippen LogP contribution in [-0.4, -0.2) is 74.2 Å². The molecule has 1 aromatic rings. The molecule has 0 radical (unpaired) electrons. The fourth-order valence-electron chi connectivity index (χ4n) is 2.77. The van der Waals surface area contributed by atoms with Crippen LogP contribution >= 0.6 is 0 Å². The number of carbonyl (C=O) groups excluding carboxylic acids is 1. The number of benzene rings is 1. The number of rotatable bonds is 4. The number of likely N-dealkylation sites (N-methyl/N-ethyl adjacent to an activating group) is 1. The molecule has 0 saturated carbocycles. The van der Waals surface area contributed by atoms with Crippen LogP contribution < -0.4 is 4.90 Å². The molecule has 5 nitrogen and oxygen atoms in total. The van der Waals surface area contributed by atoms with E-state index in [1.54, 1.807) is 4.90 Å². The second-order valence-electron chi connectivity index (χ2n) is 6.09. The number of amides is 1. The highest BCUT2D eigenvalue weighted by Gasteiger charge is 2.36. The van der Waals surface area contributed by atoms with Crippen LogP contribution in [-0.2, 0) is 0 Å². The van der Waals surface area contributed by atoms with Crippen LogP contribution in [0.15, 0.2) is 24.3 Å². The van der Waals surface area contributed by atoms with E-state index in [0.717, 1.165) is 12.1 Å². The molecule has 2 rings (SSSR count). The fourth-order valence-corrected chi connectivity index (χ4v) is 2.77. The number of hydrogen-bond acceptors (Lipinski definition) is 4. The first kappa shape index (κ1) is 15.8. The third-order valence-electron chi connectivity index (χ3n) is 4.20. The summed E-state index contributed by atoms with van der Waals surface area (Å²) in [5, 5.41) is 9.55. The van der Waals surface area contributed by atoms with Crippen molar-refractivity contribution < 1.29 is 9.90 Å². The zero-order valence-electron chi connectivity index (χ0n) is 13.3. The molecule has 1 aliphatic rings. The van der Waals surface area contributed by atoms with Gasteiger partial charge < -0.3 is 19.8 Å². The van der Waals surface area contributed by atoms with Gasteiger partial charge in [0.2, 0.25) is 0 Å². The average Bonchev–Trinajstić information content (AvgIpc) is 2.91. The van der Waals surface area contributed by atoms with Crippen LogP contribution in [0.4, 0.5) is 5.69 Å². The third kappa shape index (κ3) is 3.36. The van der Waals surface area contributed by atoms with Gasteiger partial charge in [0, 0.05) is 37.9 Å². The van der Waals surface area contributed by atoms with Crippen molar-refractivity contribution in [2.45, 2.75) is 18.5 Å². The molecule has 0 spiro atoms. The number of nitrogens with zero attached hydrogens (tertiary/aromatic N) is 3. The van der Waals surface area contributed by atoms with Crippen molar-refractivity contribution >= 4 is 11.6 Å². The van der Waals surface area contributed by atoms with Crippen molar-refractivity contribution in [3.05, 3.63) is 29.8 Å². The summed E-state index contributed by atoms with van der Waals surface area (Å²) >= 11 is 0. The lowest BCUT2D eigenvalue weighted by Crippen LogP contribution is -2.38. The first-order valence-electron chi connectivity index (χ1n) is 7.29. The minimum Gasteiger partial charge on any atom is -0.394 e. The normalized spacial score (nSPS) is 21.9. The third-order valence-corrected chi connectivity index (χ3v) is 4.20. The summed E-state index contributed by atoms with van der Waals surface area (Å²) in [6, 6.07) is 7.84. The van der Waals surface area contributed by atoms with Gasteiger partial charge in [0.1, 0.15) is 0 Å². The Hall–Kier alpha value is -1.59. The summed E-state index contributed by atoms with van der Waals surface area (Å²) in [6.45, 7) is 0.687. The Labute approximate surface area is 126 Å². The Morgan fingerprint density at radius 3 is 2.62 bits per heavy atom. The van der Waals surface area contributed by atoms with E-state index in [9.17, 15) is 9.90 Å². The smallest absolute Gasteiger partial charge is 0.254 e. The second kappa shape index (κ2) is 6.45. The molecule has 0 bridgehead atoms. The highest BCUT2D eigenvalue weighted by atomic mass is 16.3. The highest BCUT2D eigenvalue weighted by Crippen LogP contribution is 2.24. The van der Waals surface area contributed by atoms with Crippen LogP contribution in [0.3, 0.4) is 0 Å². The standard InChI is InChI=1S/C16H25N3O2/c1-17(2)13-7-5-6-12(8-13)16(21)19-10-14(18(3)4)9-15(19)11-20/h5-8,14-15,20H,9-11H2,1-4H3/t14-,15+/m1/s1. The fraction of sp³-hybridized carbons (Fsp3) is 0.562. The molecule has 0 aromatic heterocycles. The highest BCUT2D eigenvalue weighted by molar-refractivity contribution is 5.95. The Morgan fingerprint density at radius 1 is 1.33 bits per heavy atom. The number of anilines is 1. The number of carbonyl (C=O) groups is 1. The molecule has 1 heterocycles. The molecule has 1 amide bonds. The Bertz CT molecular complexity index is 502. The predicted octanol–water partition coefficient (Wildman–Crippen LogP) is 0.890. The van der Waals surface area contributed by atoms with Crippen molar-refractivity contribution in [1.29, 1.82) is 0 Å². The van der Waals surface area contributed by atoms with Crippen molar-refractivity contribution in [2.75, 3.05) is 46.2 Å². The molecule has 116 valence electrons. The van der Waals surface area contributed by atoms with Gasteiger partial charge in [-0.05, 0) is 38.7 Å². The minimum absolute atomic E-state index is 0.00194. The first-order valence-corrected chi connectivity index (χ1v) is 7.29. The summed E-state index contributed by atoms with van der Waals surface area (Å²) < 4.78 is 0. The average molecular weight is 291 g/mol. The van der Waals surface area contributed by atoms with Gasteiger partial charge >= 0.3 is 0 Å². The molecule has 2 atom stereocenters. The van der Waals surface area contributed by atoms with Gasteiger partial charge in [-0.1, -0.05) is 6.07 Å². The lowest BCUT2D eigenvalue weighted by molar-refractivity contribution is 0.0673. The number of hydrogen-bond donors (Lipinski definition) is 1. The molecule has 1 aliphatic heterocycles. The SMILES string of the molecule is CN(C)c1cccc(C(=O)N2C[C@H](N(C)C)C[C@H]2CO)c1. The molecule has 0 unspecified atom stereocenters. The number of aliphatic hydroxyl groups is 1. The van der Waals surface area contributed by atoms with E-state index < -0.39 is 0 Å². The molecule has 21 heavy (non-hydrogen) atoms. The predicted molar refractivity (Wildman–Crippen MR) is 84.8 cm³/mol. The van der Waals surface area contributed by atoms with Gasteiger partial charge in [-0.25, -0.2) is 0 Å². The van der Waals surface area contributed by atoms with E-state index in [1.807, 2.05) is 57.4 Å². The molecular formula is C16H25N3O2. The summed E-state index contributed by atoms with van der Waals surface area (Å²) in [4.78, 5) is 18.6. The quantitative estimate of drug-likeness (QED) is 0.895. The molecule has 0 aliphatic carbocycles. The maximum Gasteiger partial charge on any atom is 0.254 e. The van der Waals surface area contributed by atoms with Crippen LogP contribution in [0.25, 0.3) is 0 Å². The van der Waals surface area contributed by atoms with E-state index in [0.29, 0.717) is 18.2 Å². The van der Waals surface area contributed by atoms with Crippen molar-refractivity contribution in [1.82, 2.24) is 9.80 Å². The molecule has 1 fully saturated rings. The van der Waals surface area contributed by atoms with Gasteiger partial charge in [-0.2, -0.15) is 0 Å². The molecule has 5 heteroatoms. The lowest BCUT2D eigenvalue weighted by Gasteiger charge is -2.24. The summed E-state index contributed by atoms with van der Waals surface area (Å²) in [7, 11) is 7.94. The van der Waals surface area contributed by atoms with Crippen molar-refractivity contribution in [3.8, 4) is 0 Å². The van der Waals surface area contributed by atoms with E-state index in [-0.39, 0.29) is 18.6 Å². The zero-order chi connectivity index (χ0) is 15.6. The monoisotopic (exact) mass is 291 g/mol. The molecule has 1 saturated heterocycles. The first-order chi connectivity index (χ1) is 9.93. The Morgan fingerprint density at radius 2 is 2.05 bits per heavy atom. The van der Waals surface area contributed by atoms with Crippen LogP contribution in [0.5, 0.6) is 0 Å². The topological polar surface area (TPSA) is 47.0 Å². The van der Waals surface area contributed by atoms with Gasteiger partial charge in [0.25, 0.3) is 5.91 Å². The summed E-state index contributed by atoms with van der Waals surface area (Å²) in [5.74, 6) is 0.00194. The number of aliphatic hydroxyl groups excluding tert-OH is 1. The van der Waals surface area contributed by atoms with Crippen LogP contribution in [0.1, 0.15) is 16.8 Å². The van der Waals surface area contributed by atoms with Gasteiger partial charge in [0.05, 0.1) is 12.6 Å². The minimum atomic E-state index is -0.0899. The Kier molecular flexibility index (Phi) is 4.85. The maximum absolute atomic E-state index is 12.7. The van der Waals surface area contributed by atoms with Gasteiger partial charge in [-0.15, -0.1) is 0 Å². The van der Waals surface area contributed by atoms with Gasteiger partial charge in [0.15, 0.2) is 0 Å². The second-order valence-corrected chi connectivity index (χ2v) is 6.09. The van der Waals surface area contributed by atoms with E-state index in [1.165, 1.54) is 0 Å². The van der Waals surface area contributed by atoms with Crippen LogP contribution in [0, 0.1) is 0 Å². The van der Waals surface area contributed by atoms with Crippen molar-refractivity contribution in [3.63, 3.8) is 0 Å². The largest absolute Gasteiger partial charge is 0.394 e. The summed E-state index contributed by atoms with van der Waals surface area (Å²) in [6.07, 6.45) is 0.822. The molecular weight excluding hydrogens is 266 g/mol. The molecule has 1 aromatic carbocycles. The Balaban J connectivity index is 2.20. The summed E-state index contributed by atoms with van der Waals surface area (Å²) in [5.41, 5.74) is 1.68. The lowest BCUT2D eigenvalue weighted by atomic mass is 10.1. The van der Waals surface area contributed by atoms with Crippen molar-refractivity contribution in [2.24, 2.45) is 0 Å². The van der Waals surface area contributed by atoms with E-state index in [4.69, 9.17) is 0 Å². The van der Waals surface area contributed by atoms with Gasteiger partial charge in [-0.3, -0.25) is 4.79 Å². The van der Waals surface area contributed by atoms with E-state index in [2.05, 4.69) is 4.90 Å².